The number of rotatable bonds is 7. The lowest BCUT2D eigenvalue weighted by molar-refractivity contribution is -0.118. The van der Waals surface area contributed by atoms with Crippen LogP contribution in [-0.4, -0.2) is 16.6 Å². The van der Waals surface area contributed by atoms with Gasteiger partial charge in [0.1, 0.15) is 11.5 Å². The van der Waals surface area contributed by atoms with Gasteiger partial charge in [-0.2, -0.15) is 0 Å². The summed E-state index contributed by atoms with van der Waals surface area (Å²) < 4.78 is 5.74. The molecular weight excluding hydrogens is 352 g/mol. The van der Waals surface area contributed by atoms with E-state index < -0.39 is 0 Å². The molecule has 3 rings (SSSR count). The van der Waals surface area contributed by atoms with E-state index in [0.29, 0.717) is 12.3 Å². The summed E-state index contributed by atoms with van der Waals surface area (Å²) >= 11 is 3.20. The highest BCUT2D eigenvalue weighted by Gasteiger charge is 2.09. The summed E-state index contributed by atoms with van der Waals surface area (Å²) in [6, 6.07) is 12.1. The molecule has 4 nitrogen and oxygen atoms in total. The van der Waals surface area contributed by atoms with Gasteiger partial charge in [0, 0.05) is 11.1 Å². The van der Waals surface area contributed by atoms with Crippen LogP contribution in [0.2, 0.25) is 0 Å². The molecule has 0 aliphatic heterocycles. The molecule has 1 N–H and O–H groups in total. The van der Waals surface area contributed by atoms with Gasteiger partial charge in [-0.3, -0.25) is 4.79 Å². The molecule has 0 atom stereocenters. The number of amides is 1. The van der Waals surface area contributed by atoms with E-state index in [-0.39, 0.29) is 5.91 Å². The number of furan rings is 1. The first-order valence-electron chi connectivity index (χ1n) is 8.01. The monoisotopic (exact) mass is 372 g/mol. The van der Waals surface area contributed by atoms with E-state index in [1.807, 2.05) is 30.5 Å². The Hall–Kier alpha value is -2.05. The van der Waals surface area contributed by atoms with E-state index in [9.17, 15) is 4.79 Å². The van der Waals surface area contributed by atoms with Crippen molar-refractivity contribution < 1.29 is 9.21 Å². The number of hydrogen-bond acceptors (Lipinski definition) is 5. The Labute approximate surface area is 155 Å². The van der Waals surface area contributed by atoms with Gasteiger partial charge in [-0.1, -0.05) is 29.8 Å². The maximum Gasteiger partial charge on any atom is 0.230 e. The fraction of sp³-hybridized carbons (Fsp3) is 0.263. The number of aromatic nitrogens is 1. The lowest BCUT2D eigenvalue weighted by Crippen LogP contribution is -2.24. The Bertz CT molecular complexity index is 854. The predicted octanol–water partition coefficient (Wildman–Crippen LogP) is 4.57. The van der Waals surface area contributed by atoms with E-state index in [1.54, 1.807) is 23.1 Å². The van der Waals surface area contributed by atoms with Crippen LogP contribution >= 0.6 is 23.1 Å². The van der Waals surface area contributed by atoms with Crippen molar-refractivity contribution in [1.82, 2.24) is 10.3 Å². The first kappa shape index (κ1) is 17.8. The largest absolute Gasteiger partial charge is 0.458 e. The number of thioether (sulfide) groups is 1. The molecule has 2 heterocycles. The van der Waals surface area contributed by atoms with Gasteiger partial charge in [0.05, 0.1) is 17.3 Å². The molecule has 1 aromatic carbocycles. The van der Waals surface area contributed by atoms with Gasteiger partial charge in [-0.15, -0.1) is 23.1 Å². The highest BCUT2D eigenvalue weighted by atomic mass is 32.2. The molecule has 0 bridgehead atoms. The second-order valence-electron chi connectivity index (χ2n) is 5.78. The van der Waals surface area contributed by atoms with Crippen molar-refractivity contribution >= 4 is 29.0 Å². The van der Waals surface area contributed by atoms with Crippen LogP contribution < -0.4 is 5.32 Å². The van der Waals surface area contributed by atoms with Gasteiger partial charge in [0.15, 0.2) is 5.76 Å². The smallest absolute Gasteiger partial charge is 0.230 e. The molecule has 0 saturated heterocycles. The minimum Gasteiger partial charge on any atom is -0.458 e. The van der Waals surface area contributed by atoms with Crippen molar-refractivity contribution in [3.63, 3.8) is 0 Å². The van der Waals surface area contributed by atoms with Crippen LogP contribution in [0.15, 0.2) is 46.2 Å². The van der Waals surface area contributed by atoms with E-state index in [0.717, 1.165) is 28.0 Å². The Morgan fingerprint density at radius 3 is 2.92 bits per heavy atom. The van der Waals surface area contributed by atoms with Crippen LogP contribution in [0, 0.1) is 13.8 Å². The van der Waals surface area contributed by atoms with Crippen LogP contribution in [0.3, 0.4) is 0 Å². The maximum absolute atomic E-state index is 12.0. The zero-order valence-electron chi connectivity index (χ0n) is 14.2. The van der Waals surface area contributed by atoms with Crippen LogP contribution in [0.5, 0.6) is 0 Å². The minimum absolute atomic E-state index is 0.0140. The summed E-state index contributed by atoms with van der Waals surface area (Å²) in [6.07, 6.45) is 0. The average molecular weight is 373 g/mol. The molecule has 2 aromatic heterocycles. The third-order valence-corrected chi connectivity index (χ3v) is 5.35. The Kier molecular flexibility index (Phi) is 5.94. The summed E-state index contributed by atoms with van der Waals surface area (Å²) in [7, 11) is 0. The lowest BCUT2D eigenvalue weighted by atomic mass is 10.2. The minimum atomic E-state index is 0.0140. The summed E-state index contributed by atoms with van der Waals surface area (Å²) in [5.74, 6) is 2.76. The van der Waals surface area contributed by atoms with Crippen LogP contribution in [0.25, 0.3) is 11.5 Å². The summed E-state index contributed by atoms with van der Waals surface area (Å²) in [6.45, 7) is 4.44. The van der Waals surface area contributed by atoms with Gasteiger partial charge in [-0.25, -0.2) is 4.98 Å². The van der Waals surface area contributed by atoms with E-state index in [4.69, 9.17) is 4.42 Å². The molecule has 0 radical (unpaired) electrons. The van der Waals surface area contributed by atoms with E-state index in [2.05, 4.69) is 35.4 Å². The zero-order valence-corrected chi connectivity index (χ0v) is 15.9. The van der Waals surface area contributed by atoms with Crippen molar-refractivity contribution in [3.05, 3.63) is 63.7 Å². The number of nitrogens with zero attached hydrogens (tertiary/aromatic N) is 1. The number of carbonyl (C=O) groups excluding carboxylic acids is 1. The highest BCUT2D eigenvalue weighted by molar-refractivity contribution is 7.99. The van der Waals surface area contributed by atoms with Crippen LogP contribution in [-0.2, 0) is 17.1 Å². The standard InChI is InChI=1S/C19H20N2O2S2/c1-13-4-3-5-15(8-13)10-24-12-19(22)20-9-16-6-7-18(23-16)17-11-25-14(2)21-17/h3-8,11H,9-10,12H2,1-2H3,(H,20,22). The number of nitrogens with one attached hydrogen (secondary N) is 1. The number of aryl methyl sites for hydroxylation is 2. The maximum atomic E-state index is 12.0. The molecule has 0 aliphatic rings. The molecule has 130 valence electrons. The molecule has 0 fully saturated rings. The van der Waals surface area contributed by atoms with Gasteiger partial charge < -0.3 is 9.73 Å². The first-order valence-corrected chi connectivity index (χ1v) is 10.0. The number of carbonyl (C=O) groups is 1. The fourth-order valence-corrected chi connectivity index (χ4v) is 3.79. The van der Waals surface area contributed by atoms with Crippen LogP contribution in [0.4, 0.5) is 0 Å². The average Bonchev–Trinajstić information content (AvgIpc) is 3.22. The third-order valence-electron chi connectivity index (χ3n) is 3.58. The second-order valence-corrected chi connectivity index (χ2v) is 7.82. The first-order chi connectivity index (χ1) is 12.1. The van der Waals surface area contributed by atoms with Gasteiger partial charge in [0.25, 0.3) is 0 Å². The molecule has 1 amide bonds. The normalized spacial score (nSPS) is 10.8. The Morgan fingerprint density at radius 2 is 2.16 bits per heavy atom. The van der Waals surface area contributed by atoms with E-state index in [1.165, 1.54) is 11.1 Å². The van der Waals surface area contributed by atoms with Crippen molar-refractivity contribution in [2.24, 2.45) is 0 Å². The second kappa shape index (κ2) is 8.36. The molecule has 25 heavy (non-hydrogen) atoms. The molecule has 0 aliphatic carbocycles. The molecule has 0 spiro atoms. The van der Waals surface area contributed by atoms with Gasteiger partial charge >= 0.3 is 0 Å². The summed E-state index contributed by atoms with van der Waals surface area (Å²) in [5.41, 5.74) is 3.33. The summed E-state index contributed by atoms with van der Waals surface area (Å²) in [5, 5.41) is 5.87. The summed E-state index contributed by atoms with van der Waals surface area (Å²) in [4.78, 5) is 16.4. The van der Waals surface area contributed by atoms with Crippen molar-refractivity contribution in [3.8, 4) is 11.5 Å². The Morgan fingerprint density at radius 1 is 1.28 bits per heavy atom. The SMILES string of the molecule is Cc1cccc(CSCC(=O)NCc2ccc(-c3csc(C)n3)o2)c1. The third kappa shape index (κ3) is 5.21. The number of benzene rings is 1. The topological polar surface area (TPSA) is 55.1 Å². The van der Waals surface area contributed by atoms with Crippen molar-refractivity contribution in [1.29, 1.82) is 0 Å². The van der Waals surface area contributed by atoms with Gasteiger partial charge in [-0.05, 0) is 31.5 Å². The van der Waals surface area contributed by atoms with Crippen LogP contribution in [0.1, 0.15) is 21.9 Å². The van der Waals surface area contributed by atoms with Crippen molar-refractivity contribution in [2.75, 3.05) is 5.75 Å². The Balaban J connectivity index is 1.42. The number of hydrogen-bond donors (Lipinski definition) is 1. The predicted molar refractivity (Wildman–Crippen MR) is 104 cm³/mol. The van der Waals surface area contributed by atoms with Gasteiger partial charge in [0.2, 0.25) is 5.91 Å². The molecule has 3 aromatic rings. The zero-order chi connectivity index (χ0) is 17.6. The fourth-order valence-electron chi connectivity index (χ4n) is 2.39. The molecule has 0 saturated carbocycles. The van der Waals surface area contributed by atoms with E-state index >= 15 is 0 Å². The molecule has 0 unspecified atom stereocenters. The molecule has 6 heteroatoms. The van der Waals surface area contributed by atoms with Crippen molar-refractivity contribution in [2.45, 2.75) is 26.1 Å². The lowest BCUT2D eigenvalue weighted by Gasteiger charge is -2.04. The highest BCUT2D eigenvalue weighted by Crippen LogP contribution is 2.23. The molecular formula is C19H20N2O2S2. The quantitative estimate of drug-likeness (QED) is 0.660. The number of thiazole rings is 1.